The molecule has 6 nitrogen and oxygen atoms in total. The molecule has 6 heteroatoms. The van der Waals surface area contributed by atoms with Crippen LogP contribution in [0.15, 0.2) is 54.6 Å². The summed E-state index contributed by atoms with van der Waals surface area (Å²) in [5.74, 6) is 3.23. The molecule has 0 saturated heterocycles. The van der Waals surface area contributed by atoms with Gasteiger partial charge in [-0.05, 0) is 53.1 Å². The Morgan fingerprint density at radius 2 is 1.52 bits per heavy atom. The van der Waals surface area contributed by atoms with Crippen molar-refractivity contribution < 1.29 is 24.1 Å². The van der Waals surface area contributed by atoms with Crippen LogP contribution >= 0.6 is 0 Å². The molecular formula is C23H23NO5. The van der Waals surface area contributed by atoms with E-state index in [1.165, 1.54) is 0 Å². The molecule has 0 bridgehead atoms. The van der Waals surface area contributed by atoms with Gasteiger partial charge in [-0.2, -0.15) is 0 Å². The summed E-state index contributed by atoms with van der Waals surface area (Å²) >= 11 is 0. The Morgan fingerprint density at radius 3 is 2.28 bits per heavy atom. The van der Waals surface area contributed by atoms with Crippen molar-refractivity contribution in [1.29, 1.82) is 0 Å². The van der Waals surface area contributed by atoms with E-state index < -0.39 is 0 Å². The van der Waals surface area contributed by atoms with Crippen molar-refractivity contribution in [3.05, 3.63) is 65.7 Å². The zero-order valence-electron chi connectivity index (χ0n) is 16.4. The lowest BCUT2D eigenvalue weighted by Gasteiger charge is -2.12. The first kappa shape index (κ1) is 19.0. The maximum Gasteiger partial charge on any atom is 0.231 e. The lowest BCUT2D eigenvalue weighted by atomic mass is 10.0. The summed E-state index contributed by atoms with van der Waals surface area (Å²) in [6.45, 7) is 1.38. The number of hydrogen-bond acceptors (Lipinski definition) is 6. The van der Waals surface area contributed by atoms with E-state index in [1.54, 1.807) is 20.3 Å². The minimum atomic E-state index is 0.249. The third-order valence-electron chi connectivity index (χ3n) is 4.84. The molecule has 0 radical (unpaired) electrons. The number of methoxy groups -OCH3 is 2. The van der Waals surface area contributed by atoms with Crippen LogP contribution in [0.2, 0.25) is 0 Å². The van der Waals surface area contributed by atoms with Crippen LogP contribution in [-0.4, -0.2) is 26.1 Å². The second kappa shape index (κ2) is 8.32. The molecule has 1 aliphatic heterocycles. The molecular weight excluding hydrogens is 370 g/mol. The molecule has 1 heterocycles. The summed E-state index contributed by atoms with van der Waals surface area (Å²) in [6, 6.07) is 17.2. The predicted molar refractivity (Wildman–Crippen MR) is 110 cm³/mol. The van der Waals surface area contributed by atoms with Gasteiger partial charge in [-0.1, -0.05) is 12.1 Å². The quantitative estimate of drug-likeness (QED) is 0.630. The largest absolute Gasteiger partial charge is 0.508 e. The van der Waals surface area contributed by atoms with Gasteiger partial charge >= 0.3 is 0 Å². The van der Waals surface area contributed by atoms with Crippen LogP contribution in [0.25, 0.3) is 11.1 Å². The molecule has 0 atom stereocenters. The van der Waals surface area contributed by atoms with E-state index in [2.05, 4.69) is 5.32 Å². The summed E-state index contributed by atoms with van der Waals surface area (Å²) in [7, 11) is 3.26. The standard InChI is InChI=1S/C23H23NO5/c1-26-19-7-15(8-20(11-19)27-2)12-24-13-18-9-16(3-5-21(18)25)17-4-6-22-23(10-17)29-14-28-22/h3-11,24-25H,12-14H2,1-2H3. The third kappa shape index (κ3) is 4.22. The Balaban J connectivity index is 1.47. The van der Waals surface area contributed by atoms with Crippen molar-refractivity contribution >= 4 is 0 Å². The normalized spacial score (nSPS) is 12.1. The molecule has 0 unspecified atom stereocenters. The minimum absolute atomic E-state index is 0.249. The second-order valence-corrected chi connectivity index (χ2v) is 6.74. The topological polar surface area (TPSA) is 69.2 Å². The van der Waals surface area contributed by atoms with Crippen molar-refractivity contribution in [2.75, 3.05) is 21.0 Å². The Morgan fingerprint density at radius 1 is 0.828 bits per heavy atom. The fraction of sp³-hybridized carbons (Fsp3) is 0.217. The highest BCUT2D eigenvalue weighted by Gasteiger charge is 2.14. The van der Waals surface area contributed by atoms with Crippen molar-refractivity contribution in [3.63, 3.8) is 0 Å². The molecule has 4 rings (SSSR count). The van der Waals surface area contributed by atoms with Crippen molar-refractivity contribution in [2.24, 2.45) is 0 Å². The fourth-order valence-corrected chi connectivity index (χ4v) is 3.29. The van der Waals surface area contributed by atoms with Crippen molar-refractivity contribution in [3.8, 4) is 39.9 Å². The van der Waals surface area contributed by atoms with Gasteiger partial charge in [0.25, 0.3) is 0 Å². The van der Waals surface area contributed by atoms with Gasteiger partial charge in [-0.15, -0.1) is 0 Å². The summed E-state index contributed by atoms with van der Waals surface area (Å²) in [5, 5.41) is 13.6. The molecule has 0 aromatic heterocycles. The van der Waals surface area contributed by atoms with E-state index in [1.807, 2.05) is 48.5 Å². The Kier molecular flexibility index (Phi) is 5.44. The number of benzene rings is 3. The molecule has 0 fully saturated rings. The summed E-state index contributed by atoms with van der Waals surface area (Å²) in [4.78, 5) is 0. The average molecular weight is 393 g/mol. The van der Waals surface area contributed by atoms with Gasteiger partial charge in [0.05, 0.1) is 14.2 Å². The van der Waals surface area contributed by atoms with Crippen molar-refractivity contribution in [2.45, 2.75) is 13.1 Å². The number of aromatic hydroxyl groups is 1. The van der Waals surface area contributed by atoms with Crippen LogP contribution in [0, 0.1) is 0 Å². The summed E-state index contributed by atoms with van der Waals surface area (Å²) < 4.78 is 21.5. The van der Waals surface area contributed by atoms with Gasteiger partial charge in [0.1, 0.15) is 17.2 Å². The minimum Gasteiger partial charge on any atom is -0.508 e. The van der Waals surface area contributed by atoms with Gasteiger partial charge in [0.2, 0.25) is 6.79 Å². The highest BCUT2D eigenvalue weighted by molar-refractivity contribution is 5.69. The van der Waals surface area contributed by atoms with Gasteiger partial charge < -0.3 is 29.4 Å². The molecule has 0 aliphatic carbocycles. The Bertz CT molecular complexity index is 996. The Labute approximate surface area is 169 Å². The van der Waals surface area contributed by atoms with Crippen LogP contribution in [0.5, 0.6) is 28.7 Å². The first-order valence-electron chi connectivity index (χ1n) is 9.31. The summed E-state index contributed by atoms with van der Waals surface area (Å²) in [6.07, 6.45) is 0. The van der Waals surface area contributed by atoms with E-state index in [0.717, 1.165) is 45.3 Å². The first-order chi connectivity index (χ1) is 14.2. The number of phenols is 1. The van der Waals surface area contributed by atoms with E-state index in [0.29, 0.717) is 13.1 Å². The van der Waals surface area contributed by atoms with Gasteiger partial charge in [0, 0.05) is 24.7 Å². The number of ether oxygens (including phenoxy) is 4. The zero-order chi connectivity index (χ0) is 20.2. The molecule has 29 heavy (non-hydrogen) atoms. The van der Waals surface area contributed by atoms with Crippen LogP contribution in [0.1, 0.15) is 11.1 Å². The number of fused-ring (bicyclic) bond motifs is 1. The Hall–Kier alpha value is -3.38. The lowest BCUT2D eigenvalue weighted by molar-refractivity contribution is 0.174. The second-order valence-electron chi connectivity index (χ2n) is 6.74. The van der Waals surface area contributed by atoms with E-state index in [9.17, 15) is 5.11 Å². The number of rotatable bonds is 7. The lowest BCUT2D eigenvalue weighted by Crippen LogP contribution is -2.13. The molecule has 1 aliphatic rings. The average Bonchev–Trinajstić information content (AvgIpc) is 3.22. The zero-order valence-corrected chi connectivity index (χ0v) is 16.4. The van der Waals surface area contributed by atoms with Gasteiger partial charge in [-0.3, -0.25) is 0 Å². The highest BCUT2D eigenvalue weighted by Crippen LogP contribution is 2.36. The molecule has 0 spiro atoms. The van der Waals surface area contributed by atoms with Gasteiger partial charge in [0.15, 0.2) is 11.5 Å². The smallest absolute Gasteiger partial charge is 0.231 e. The van der Waals surface area contributed by atoms with Crippen LogP contribution in [0.3, 0.4) is 0 Å². The molecule has 3 aromatic rings. The molecule has 0 saturated carbocycles. The molecule has 150 valence electrons. The van der Waals surface area contributed by atoms with Gasteiger partial charge in [-0.25, -0.2) is 0 Å². The SMILES string of the molecule is COc1cc(CNCc2cc(-c3ccc4c(c3)OCO4)ccc2O)cc(OC)c1. The van der Waals surface area contributed by atoms with Crippen LogP contribution < -0.4 is 24.3 Å². The molecule has 0 amide bonds. The van der Waals surface area contributed by atoms with Crippen molar-refractivity contribution in [1.82, 2.24) is 5.32 Å². The van der Waals surface area contributed by atoms with E-state index in [-0.39, 0.29) is 12.5 Å². The number of hydrogen-bond donors (Lipinski definition) is 2. The van der Waals surface area contributed by atoms with Crippen LogP contribution in [-0.2, 0) is 13.1 Å². The monoisotopic (exact) mass is 393 g/mol. The fourth-order valence-electron chi connectivity index (χ4n) is 3.29. The van der Waals surface area contributed by atoms with E-state index in [4.69, 9.17) is 18.9 Å². The van der Waals surface area contributed by atoms with E-state index >= 15 is 0 Å². The third-order valence-corrected chi connectivity index (χ3v) is 4.84. The molecule has 3 aromatic carbocycles. The van der Waals surface area contributed by atoms with Crippen LogP contribution in [0.4, 0.5) is 0 Å². The maximum absolute atomic E-state index is 10.3. The highest BCUT2D eigenvalue weighted by atomic mass is 16.7. The predicted octanol–water partition coefficient (Wildman–Crippen LogP) is 4.09. The first-order valence-corrected chi connectivity index (χ1v) is 9.31. The maximum atomic E-state index is 10.3. The number of nitrogens with one attached hydrogen (secondary N) is 1. The molecule has 2 N–H and O–H groups in total. The summed E-state index contributed by atoms with van der Waals surface area (Å²) in [5.41, 5.74) is 3.86. The number of phenolic OH excluding ortho intramolecular Hbond substituents is 1.